The van der Waals surface area contributed by atoms with Crippen molar-refractivity contribution in [3.8, 4) is 6.07 Å². The quantitative estimate of drug-likeness (QED) is 0.467. The molecule has 2 fully saturated rings. The highest BCUT2D eigenvalue weighted by Gasteiger charge is 2.36. The van der Waals surface area contributed by atoms with Gasteiger partial charge in [0.05, 0.1) is 12.2 Å². The van der Waals surface area contributed by atoms with E-state index in [4.69, 9.17) is 28.2 Å². The SMILES string of the molecule is CCCN1CCC[C@H](C2CN(c3cnc4c(C#N)nn([C@H](C)c5ccc(Cl)cc5Cl)c4n3)C2)C1. The van der Waals surface area contributed by atoms with Crippen molar-refractivity contribution in [1.29, 1.82) is 5.26 Å². The highest BCUT2D eigenvalue weighted by Crippen LogP contribution is 2.35. The lowest BCUT2D eigenvalue weighted by molar-refractivity contribution is 0.120. The number of likely N-dealkylation sites (tertiary alicyclic amines) is 1. The molecule has 5 rings (SSSR count). The van der Waals surface area contributed by atoms with E-state index in [0.717, 1.165) is 30.4 Å². The summed E-state index contributed by atoms with van der Waals surface area (Å²) in [5.41, 5.74) is 2.25. The molecule has 1 aromatic carbocycles. The zero-order valence-electron chi connectivity index (χ0n) is 19.6. The summed E-state index contributed by atoms with van der Waals surface area (Å²) in [4.78, 5) is 14.4. The Morgan fingerprint density at radius 1 is 1.21 bits per heavy atom. The van der Waals surface area contributed by atoms with Crippen LogP contribution >= 0.6 is 23.2 Å². The van der Waals surface area contributed by atoms with Crippen molar-refractivity contribution in [2.75, 3.05) is 37.6 Å². The molecule has 0 aliphatic carbocycles. The van der Waals surface area contributed by atoms with E-state index < -0.39 is 0 Å². The van der Waals surface area contributed by atoms with E-state index in [9.17, 15) is 5.26 Å². The van der Waals surface area contributed by atoms with Crippen molar-refractivity contribution in [1.82, 2.24) is 24.6 Å². The summed E-state index contributed by atoms with van der Waals surface area (Å²) < 4.78 is 1.75. The van der Waals surface area contributed by atoms with Crippen LogP contribution < -0.4 is 4.90 Å². The number of nitriles is 1. The van der Waals surface area contributed by atoms with Gasteiger partial charge in [-0.05, 0) is 68.8 Å². The molecule has 0 N–H and O–H groups in total. The normalized spacial score (nSPS) is 20.3. The van der Waals surface area contributed by atoms with Crippen LogP contribution in [0.3, 0.4) is 0 Å². The zero-order chi connectivity index (χ0) is 23.8. The second-order valence-corrected chi connectivity index (χ2v) is 10.4. The summed E-state index contributed by atoms with van der Waals surface area (Å²) in [6, 6.07) is 7.34. The van der Waals surface area contributed by atoms with Gasteiger partial charge in [0.1, 0.15) is 17.4 Å². The van der Waals surface area contributed by atoms with E-state index in [-0.39, 0.29) is 11.7 Å². The summed E-state index contributed by atoms with van der Waals surface area (Å²) in [6.45, 7) is 9.91. The minimum Gasteiger partial charge on any atom is -0.355 e. The largest absolute Gasteiger partial charge is 0.355 e. The maximum absolute atomic E-state index is 9.62. The van der Waals surface area contributed by atoms with Gasteiger partial charge in [-0.3, -0.25) is 0 Å². The zero-order valence-corrected chi connectivity index (χ0v) is 21.1. The van der Waals surface area contributed by atoms with Crippen LogP contribution in [0.1, 0.15) is 50.4 Å². The maximum atomic E-state index is 9.62. The minimum atomic E-state index is -0.227. The van der Waals surface area contributed by atoms with Gasteiger partial charge in [-0.2, -0.15) is 10.4 Å². The third kappa shape index (κ3) is 4.35. The van der Waals surface area contributed by atoms with E-state index in [1.807, 2.05) is 13.0 Å². The van der Waals surface area contributed by atoms with Gasteiger partial charge < -0.3 is 9.80 Å². The van der Waals surface area contributed by atoms with E-state index in [0.29, 0.717) is 27.1 Å². The van der Waals surface area contributed by atoms with Crippen LogP contribution in [0.2, 0.25) is 10.0 Å². The standard InChI is InChI=1S/C25H29Cl2N7/c1-3-8-32-9-4-5-17(13-32)18-14-33(15-18)23-12-29-24-22(11-28)31-34(25(24)30-23)16(2)20-7-6-19(26)10-21(20)27/h6-7,10,12,16-18H,3-5,8-9,13-15H2,1-2H3/t16-,17+/m1/s1. The van der Waals surface area contributed by atoms with Crippen LogP contribution in [0, 0.1) is 23.2 Å². The number of fused-ring (bicyclic) bond motifs is 1. The molecule has 9 heteroatoms. The molecule has 0 bridgehead atoms. The van der Waals surface area contributed by atoms with Crippen LogP contribution in [0.4, 0.5) is 5.82 Å². The van der Waals surface area contributed by atoms with Crippen molar-refractivity contribution in [3.63, 3.8) is 0 Å². The van der Waals surface area contributed by atoms with Gasteiger partial charge in [0, 0.05) is 29.7 Å². The fourth-order valence-corrected chi connectivity index (χ4v) is 5.93. The lowest BCUT2D eigenvalue weighted by Gasteiger charge is -2.47. The molecule has 0 radical (unpaired) electrons. The van der Waals surface area contributed by atoms with Gasteiger partial charge in [0.25, 0.3) is 0 Å². The van der Waals surface area contributed by atoms with Gasteiger partial charge in [-0.25, -0.2) is 14.6 Å². The average Bonchev–Trinajstić information content (AvgIpc) is 3.16. The molecule has 3 aromatic rings. The molecule has 2 aliphatic rings. The number of aromatic nitrogens is 4. The van der Waals surface area contributed by atoms with Crippen molar-refractivity contribution in [2.45, 2.75) is 39.2 Å². The van der Waals surface area contributed by atoms with Crippen LogP contribution in [-0.4, -0.2) is 57.4 Å². The van der Waals surface area contributed by atoms with Gasteiger partial charge >= 0.3 is 0 Å². The Balaban J connectivity index is 1.38. The maximum Gasteiger partial charge on any atom is 0.190 e. The number of piperidine rings is 1. The molecule has 2 aromatic heterocycles. The molecule has 34 heavy (non-hydrogen) atoms. The predicted molar refractivity (Wildman–Crippen MR) is 135 cm³/mol. The first-order chi connectivity index (χ1) is 16.5. The summed E-state index contributed by atoms with van der Waals surface area (Å²) in [6.07, 6.45) is 5.61. The molecule has 2 atom stereocenters. The first-order valence-electron chi connectivity index (χ1n) is 12.1. The molecular weight excluding hydrogens is 469 g/mol. The molecule has 2 saturated heterocycles. The Hall–Kier alpha value is -2.40. The highest BCUT2D eigenvalue weighted by molar-refractivity contribution is 6.35. The van der Waals surface area contributed by atoms with Crippen molar-refractivity contribution in [3.05, 3.63) is 45.7 Å². The first-order valence-corrected chi connectivity index (χ1v) is 12.8. The van der Waals surface area contributed by atoms with Crippen molar-refractivity contribution >= 4 is 40.2 Å². The molecule has 7 nitrogen and oxygen atoms in total. The monoisotopic (exact) mass is 497 g/mol. The Morgan fingerprint density at radius 2 is 2.03 bits per heavy atom. The number of rotatable bonds is 6. The van der Waals surface area contributed by atoms with Gasteiger partial charge in [-0.15, -0.1) is 0 Å². The van der Waals surface area contributed by atoms with Crippen molar-refractivity contribution in [2.24, 2.45) is 11.8 Å². The Labute approximate surface area is 210 Å². The number of hydrogen-bond acceptors (Lipinski definition) is 6. The number of benzene rings is 1. The highest BCUT2D eigenvalue weighted by atomic mass is 35.5. The van der Waals surface area contributed by atoms with Gasteiger partial charge in [0.15, 0.2) is 11.3 Å². The average molecular weight is 498 g/mol. The van der Waals surface area contributed by atoms with Gasteiger partial charge in [0.2, 0.25) is 0 Å². The molecule has 0 saturated carbocycles. The number of hydrogen-bond donors (Lipinski definition) is 0. The Bertz CT molecular complexity index is 1230. The topological polar surface area (TPSA) is 73.9 Å². The number of halogens is 2. The molecule has 4 heterocycles. The summed E-state index contributed by atoms with van der Waals surface area (Å²) in [7, 11) is 0. The molecule has 0 unspecified atom stereocenters. The van der Waals surface area contributed by atoms with Gasteiger partial charge in [-0.1, -0.05) is 36.2 Å². The van der Waals surface area contributed by atoms with E-state index in [2.05, 4.69) is 32.9 Å². The molecule has 2 aliphatic heterocycles. The lowest BCUT2D eigenvalue weighted by atomic mass is 9.80. The summed E-state index contributed by atoms with van der Waals surface area (Å²) in [5, 5.41) is 15.3. The van der Waals surface area contributed by atoms with Crippen LogP contribution in [-0.2, 0) is 0 Å². The van der Waals surface area contributed by atoms with E-state index in [1.165, 1.54) is 38.9 Å². The third-order valence-corrected chi connectivity index (χ3v) is 7.82. The number of anilines is 1. The van der Waals surface area contributed by atoms with Crippen LogP contribution in [0.25, 0.3) is 11.2 Å². The summed E-state index contributed by atoms with van der Waals surface area (Å²) >= 11 is 12.5. The van der Waals surface area contributed by atoms with E-state index >= 15 is 0 Å². The summed E-state index contributed by atoms with van der Waals surface area (Å²) in [5.74, 6) is 2.30. The predicted octanol–water partition coefficient (Wildman–Crippen LogP) is 5.17. The second-order valence-electron chi connectivity index (χ2n) is 9.52. The smallest absolute Gasteiger partial charge is 0.190 e. The second kappa shape index (κ2) is 9.69. The molecular formula is C25H29Cl2N7. The molecule has 178 valence electrons. The molecule has 0 amide bonds. The Kier molecular flexibility index (Phi) is 6.65. The van der Waals surface area contributed by atoms with Crippen molar-refractivity contribution < 1.29 is 0 Å². The number of nitrogens with zero attached hydrogens (tertiary/aromatic N) is 7. The Morgan fingerprint density at radius 3 is 2.76 bits per heavy atom. The third-order valence-electron chi connectivity index (χ3n) is 7.26. The lowest BCUT2D eigenvalue weighted by Crippen LogP contribution is -2.53. The van der Waals surface area contributed by atoms with Crippen LogP contribution in [0.5, 0.6) is 0 Å². The molecule has 0 spiro atoms. The van der Waals surface area contributed by atoms with Crippen LogP contribution in [0.15, 0.2) is 24.4 Å². The van der Waals surface area contributed by atoms with E-state index in [1.54, 1.807) is 23.0 Å². The minimum absolute atomic E-state index is 0.227. The fourth-order valence-electron chi connectivity index (χ4n) is 5.36. The fraction of sp³-hybridized carbons (Fsp3) is 0.520. The first kappa shape index (κ1) is 23.3.